The number of hydrogen-bond acceptors (Lipinski definition) is 4. The van der Waals surface area contributed by atoms with Crippen molar-refractivity contribution >= 4 is 27.5 Å². The van der Waals surface area contributed by atoms with Crippen LogP contribution >= 0.6 is 0 Å². The third kappa shape index (κ3) is 4.73. The first-order chi connectivity index (χ1) is 21.8. The van der Waals surface area contributed by atoms with Gasteiger partial charge in [0.25, 0.3) is 0 Å². The van der Waals surface area contributed by atoms with E-state index >= 15 is 0 Å². The lowest BCUT2D eigenvalue weighted by molar-refractivity contribution is 0.996. The van der Waals surface area contributed by atoms with Gasteiger partial charge in [0.05, 0.1) is 22.4 Å². The number of benzene rings is 4. The predicted molar refractivity (Wildman–Crippen MR) is 182 cm³/mol. The van der Waals surface area contributed by atoms with Crippen LogP contribution in [0.25, 0.3) is 72.3 Å². The lowest BCUT2D eigenvalue weighted by Crippen LogP contribution is -2.14. The first-order valence-electron chi connectivity index (χ1n) is 14.8. The van der Waals surface area contributed by atoms with E-state index < -0.39 is 0 Å². The summed E-state index contributed by atoms with van der Waals surface area (Å²) < 4.78 is 0. The second kappa shape index (κ2) is 11.1. The molecule has 208 valence electrons. The first kappa shape index (κ1) is 25.8. The molecule has 0 bridgehead atoms. The van der Waals surface area contributed by atoms with Gasteiger partial charge in [0, 0.05) is 46.5 Å². The Labute approximate surface area is 256 Å². The van der Waals surface area contributed by atoms with E-state index in [2.05, 4.69) is 126 Å². The number of pyridine rings is 3. The second-order valence-corrected chi connectivity index (χ2v) is 10.9. The Morgan fingerprint density at radius 3 is 1.91 bits per heavy atom. The van der Waals surface area contributed by atoms with E-state index in [4.69, 9.17) is 9.97 Å². The average molecular weight is 565 g/mol. The molecule has 0 atom stereocenters. The number of aromatic nitrogens is 3. The Bertz CT molecular complexity index is 2180. The van der Waals surface area contributed by atoms with Gasteiger partial charge in [-0.1, -0.05) is 109 Å². The van der Waals surface area contributed by atoms with Crippen molar-refractivity contribution in [1.29, 1.82) is 0 Å². The molecule has 44 heavy (non-hydrogen) atoms. The van der Waals surface area contributed by atoms with Gasteiger partial charge in [-0.2, -0.15) is 0 Å². The molecule has 3 aromatic heterocycles. The van der Waals surface area contributed by atoms with E-state index in [-0.39, 0.29) is 0 Å². The molecular weight excluding hydrogens is 536 g/mol. The highest BCUT2D eigenvalue weighted by molar-refractivity contribution is 6.12. The zero-order valence-electron chi connectivity index (χ0n) is 24.0. The molecule has 0 amide bonds. The van der Waals surface area contributed by atoms with Crippen molar-refractivity contribution in [3.05, 3.63) is 158 Å². The fourth-order valence-electron chi connectivity index (χ4n) is 5.99. The van der Waals surface area contributed by atoms with Gasteiger partial charge in [-0.25, -0.2) is 4.98 Å². The fraction of sp³-hybridized carbons (Fsp3) is 0.0250. The summed E-state index contributed by atoms with van der Waals surface area (Å²) in [6.07, 6.45) is 10.1. The molecule has 8 rings (SSSR count). The molecule has 1 N–H and O–H groups in total. The molecule has 4 nitrogen and oxygen atoms in total. The van der Waals surface area contributed by atoms with E-state index in [1.807, 2.05) is 36.7 Å². The summed E-state index contributed by atoms with van der Waals surface area (Å²) in [5.74, 6) is 0. The summed E-state index contributed by atoms with van der Waals surface area (Å²) in [7, 11) is 0. The standard InChI is InChI=1S/C40H28N4/c1-2-8-29(9-3-1)38-26-35(28-14-18-31(19-15-28)37-11-5-7-24-42-37)34-21-20-33-32(22-25-43-39(33)40(34)44-38)27-12-16-30(17-13-27)36-10-4-6-23-41-36/h1-22,24-26,41H,23H2. The van der Waals surface area contributed by atoms with Crippen LogP contribution in [0.3, 0.4) is 0 Å². The maximum atomic E-state index is 5.24. The molecule has 0 saturated heterocycles. The molecule has 0 fully saturated rings. The Kier molecular flexibility index (Phi) is 6.50. The predicted octanol–water partition coefficient (Wildman–Crippen LogP) is 9.35. The zero-order chi connectivity index (χ0) is 29.3. The van der Waals surface area contributed by atoms with Gasteiger partial charge in [0.1, 0.15) is 0 Å². The van der Waals surface area contributed by atoms with Gasteiger partial charge in [-0.15, -0.1) is 0 Å². The highest BCUT2D eigenvalue weighted by Gasteiger charge is 2.15. The number of rotatable bonds is 5. The van der Waals surface area contributed by atoms with E-state index in [1.54, 1.807) is 0 Å². The third-order valence-electron chi connectivity index (χ3n) is 8.23. The topological polar surface area (TPSA) is 50.7 Å². The Morgan fingerprint density at radius 2 is 1.18 bits per heavy atom. The van der Waals surface area contributed by atoms with Crippen LogP contribution < -0.4 is 5.32 Å². The van der Waals surface area contributed by atoms with Crippen LogP contribution in [0.4, 0.5) is 0 Å². The van der Waals surface area contributed by atoms with Crippen LogP contribution in [-0.2, 0) is 0 Å². The normalized spacial score (nSPS) is 12.7. The largest absolute Gasteiger partial charge is 0.381 e. The smallest absolute Gasteiger partial charge is 0.0978 e. The van der Waals surface area contributed by atoms with Crippen LogP contribution in [0.5, 0.6) is 0 Å². The minimum absolute atomic E-state index is 0.851. The van der Waals surface area contributed by atoms with Crippen molar-refractivity contribution < 1.29 is 0 Å². The van der Waals surface area contributed by atoms with Crippen molar-refractivity contribution in [2.24, 2.45) is 0 Å². The zero-order valence-corrected chi connectivity index (χ0v) is 24.0. The van der Waals surface area contributed by atoms with Gasteiger partial charge in [0.2, 0.25) is 0 Å². The lowest BCUT2D eigenvalue weighted by atomic mass is 9.94. The van der Waals surface area contributed by atoms with Crippen molar-refractivity contribution in [3.63, 3.8) is 0 Å². The lowest BCUT2D eigenvalue weighted by Gasteiger charge is -2.15. The summed E-state index contributed by atoms with van der Waals surface area (Å²) in [5, 5.41) is 5.60. The third-order valence-corrected chi connectivity index (χ3v) is 8.23. The van der Waals surface area contributed by atoms with Crippen molar-refractivity contribution in [3.8, 4) is 44.8 Å². The molecule has 4 heterocycles. The Balaban J connectivity index is 1.29. The highest BCUT2D eigenvalue weighted by atomic mass is 14.9. The first-order valence-corrected chi connectivity index (χ1v) is 14.8. The molecule has 1 aliphatic rings. The minimum atomic E-state index is 0.851. The summed E-state index contributed by atoms with van der Waals surface area (Å²) in [5.41, 5.74) is 12.7. The maximum absolute atomic E-state index is 5.24. The van der Waals surface area contributed by atoms with Crippen molar-refractivity contribution in [1.82, 2.24) is 20.3 Å². The van der Waals surface area contributed by atoms with E-state index in [0.717, 1.165) is 78.8 Å². The summed E-state index contributed by atoms with van der Waals surface area (Å²) in [6.45, 7) is 0.851. The van der Waals surface area contributed by atoms with Gasteiger partial charge in [0.15, 0.2) is 0 Å². The summed E-state index contributed by atoms with van der Waals surface area (Å²) in [6, 6.07) is 42.4. The molecule has 4 aromatic carbocycles. The number of hydrogen-bond donors (Lipinski definition) is 1. The molecule has 0 unspecified atom stereocenters. The van der Waals surface area contributed by atoms with Crippen LogP contribution in [0.15, 0.2) is 152 Å². The number of fused-ring (bicyclic) bond motifs is 3. The molecule has 0 radical (unpaired) electrons. The number of dihydropyridines is 1. The summed E-state index contributed by atoms with van der Waals surface area (Å²) >= 11 is 0. The van der Waals surface area contributed by atoms with Crippen LogP contribution in [0.1, 0.15) is 5.56 Å². The molecule has 0 aliphatic carbocycles. The van der Waals surface area contributed by atoms with Crippen molar-refractivity contribution in [2.75, 3.05) is 6.54 Å². The molecule has 4 heteroatoms. The minimum Gasteiger partial charge on any atom is -0.381 e. The second-order valence-electron chi connectivity index (χ2n) is 10.9. The average Bonchev–Trinajstić information content (AvgIpc) is 3.12. The van der Waals surface area contributed by atoms with Gasteiger partial charge in [-0.05, 0) is 58.2 Å². The van der Waals surface area contributed by atoms with E-state index in [0.29, 0.717) is 0 Å². The van der Waals surface area contributed by atoms with Crippen molar-refractivity contribution in [2.45, 2.75) is 0 Å². The van der Waals surface area contributed by atoms with Gasteiger partial charge >= 0.3 is 0 Å². The maximum Gasteiger partial charge on any atom is 0.0978 e. The number of nitrogens with zero attached hydrogens (tertiary/aromatic N) is 3. The van der Waals surface area contributed by atoms with E-state index in [1.165, 1.54) is 5.56 Å². The molecule has 1 aliphatic heterocycles. The van der Waals surface area contributed by atoms with Crippen LogP contribution in [0.2, 0.25) is 0 Å². The number of allylic oxidation sites excluding steroid dienone is 2. The molecular formula is C40H28N4. The van der Waals surface area contributed by atoms with Gasteiger partial charge in [-0.3, -0.25) is 9.97 Å². The van der Waals surface area contributed by atoms with Crippen LogP contribution in [0, 0.1) is 0 Å². The highest BCUT2D eigenvalue weighted by Crippen LogP contribution is 2.38. The summed E-state index contributed by atoms with van der Waals surface area (Å²) in [4.78, 5) is 14.7. The monoisotopic (exact) mass is 564 g/mol. The Hall–Kier alpha value is -5.87. The van der Waals surface area contributed by atoms with Gasteiger partial charge < -0.3 is 5.32 Å². The number of nitrogens with one attached hydrogen (secondary N) is 1. The SMILES string of the molecule is C1=CCNC(c2ccc(-c3ccnc4c3ccc3c(-c5ccc(-c6ccccn6)cc5)cc(-c5ccccc5)nc34)cc2)=C1. The fourth-order valence-corrected chi connectivity index (χ4v) is 5.99. The molecule has 7 aromatic rings. The molecule has 0 saturated carbocycles. The van der Waals surface area contributed by atoms with E-state index in [9.17, 15) is 0 Å². The quantitative estimate of drug-likeness (QED) is 0.212. The molecule has 0 spiro atoms. The Morgan fingerprint density at radius 1 is 0.500 bits per heavy atom. The van der Waals surface area contributed by atoms with Crippen LogP contribution in [-0.4, -0.2) is 21.5 Å².